The largest absolute Gasteiger partial charge is 0.706 e. The number of benzene rings is 2. The average molecular weight is 338 g/mol. The molecule has 1 amide bonds. The molecule has 0 fully saturated rings. The Hall–Kier alpha value is -3.15. The monoisotopic (exact) mass is 338 g/mol. The Balaban J connectivity index is 2.34. The van der Waals surface area contributed by atoms with E-state index in [2.05, 4.69) is 17.0 Å². The highest BCUT2D eigenvalue weighted by molar-refractivity contribution is 6.05. The molecule has 6 heteroatoms. The molecule has 0 radical (unpaired) electrons. The number of carbonyl (C=O) groups is 1. The van der Waals surface area contributed by atoms with Gasteiger partial charge in [0.2, 0.25) is 0 Å². The molecule has 0 saturated carbocycles. The third-order valence-corrected chi connectivity index (χ3v) is 3.43. The Morgan fingerprint density at radius 3 is 2.36 bits per heavy atom. The SMILES string of the molecule is C=Cc1ccc(C(=O)Nc2cc(OCC)c(N=[N-])cc2OCC)cc1. The maximum atomic E-state index is 12.5. The van der Waals surface area contributed by atoms with Crippen LogP contribution in [0, 0.1) is 0 Å². The third kappa shape index (κ3) is 4.44. The first-order chi connectivity index (χ1) is 12.1. The van der Waals surface area contributed by atoms with Gasteiger partial charge in [-0.25, -0.2) is 0 Å². The second kappa shape index (κ2) is 8.63. The summed E-state index contributed by atoms with van der Waals surface area (Å²) in [5.41, 5.74) is 11.2. The minimum Gasteiger partial charge on any atom is -0.706 e. The second-order valence-electron chi connectivity index (χ2n) is 5.06. The summed E-state index contributed by atoms with van der Waals surface area (Å²) >= 11 is 0. The standard InChI is InChI=1S/C19H20N3O3/c1-4-13-7-9-14(10-8-13)19(23)21-15-11-18(25-6-3)16(22-20)12-17(15)24-5-2/h4,7-12H,1,5-6H2,2-3H3,(H,21,23)/q-1. The van der Waals surface area contributed by atoms with E-state index in [1.807, 2.05) is 26.0 Å². The Morgan fingerprint density at radius 1 is 1.16 bits per heavy atom. The van der Waals surface area contributed by atoms with Crippen LogP contribution in [0.5, 0.6) is 11.5 Å². The molecule has 0 unspecified atom stereocenters. The molecule has 2 aromatic rings. The molecule has 0 saturated heterocycles. The van der Waals surface area contributed by atoms with E-state index in [0.717, 1.165) is 5.56 Å². The summed E-state index contributed by atoms with van der Waals surface area (Å²) in [6, 6.07) is 10.2. The highest BCUT2D eigenvalue weighted by Gasteiger charge is 2.14. The molecule has 1 N–H and O–H groups in total. The van der Waals surface area contributed by atoms with Crippen molar-refractivity contribution >= 4 is 23.4 Å². The van der Waals surface area contributed by atoms with Gasteiger partial charge in [-0.2, -0.15) is 0 Å². The first-order valence-corrected chi connectivity index (χ1v) is 7.95. The van der Waals surface area contributed by atoms with Gasteiger partial charge >= 0.3 is 0 Å². The zero-order valence-electron chi connectivity index (χ0n) is 14.3. The van der Waals surface area contributed by atoms with Gasteiger partial charge in [0.1, 0.15) is 11.5 Å². The van der Waals surface area contributed by atoms with Gasteiger partial charge in [-0.05, 0) is 31.5 Å². The molecule has 0 heterocycles. The summed E-state index contributed by atoms with van der Waals surface area (Å²) in [7, 11) is 0. The lowest BCUT2D eigenvalue weighted by atomic mass is 10.1. The van der Waals surface area contributed by atoms with E-state index in [4.69, 9.17) is 15.0 Å². The van der Waals surface area contributed by atoms with Crippen molar-refractivity contribution in [3.8, 4) is 11.5 Å². The van der Waals surface area contributed by atoms with E-state index in [1.165, 1.54) is 6.07 Å². The first kappa shape index (κ1) is 18.2. The van der Waals surface area contributed by atoms with Gasteiger partial charge in [0.05, 0.1) is 24.6 Å². The third-order valence-electron chi connectivity index (χ3n) is 3.43. The second-order valence-corrected chi connectivity index (χ2v) is 5.06. The van der Waals surface area contributed by atoms with Crippen LogP contribution in [-0.4, -0.2) is 19.1 Å². The number of rotatable bonds is 8. The molecule has 0 spiro atoms. The molecule has 0 aliphatic heterocycles. The number of anilines is 1. The quantitative estimate of drug-likeness (QED) is 0.685. The van der Waals surface area contributed by atoms with E-state index in [0.29, 0.717) is 36.0 Å². The summed E-state index contributed by atoms with van der Waals surface area (Å²) < 4.78 is 11.0. The molecule has 130 valence electrons. The molecular weight excluding hydrogens is 318 g/mol. The molecule has 2 rings (SSSR count). The van der Waals surface area contributed by atoms with Crippen LogP contribution in [0.2, 0.25) is 0 Å². The van der Waals surface area contributed by atoms with Gasteiger partial charge < -0.3 is 25.4 Å². The molecule has 0 atom stereocenters. The molecular formula is C19H20N3O3-. The van der Waals surface area contributed by atoms with Crippen molar-refractivity contribution in [2.24, 2.45) is 5.11 Å². The summed E-state index contributed by atoms with van der Waals surface area (Å²) in [6.07, 6.45) is 1.71. The number of carbonyl (C=O) groups excluding carboxylic acids is 1. The van der Waals surface area contributed by atoms with Crippen LogP contribution in [0.1, 0.15) is 29.8 Å². The predicted molar refractivity (Wildman–Crippen MR) is 98.7 cm³/mol. The number of ether oxygens (including phenoxy) is 2. The zero-order valence-corrected chi connectivity index (χ0v) is 14.3. The molecule has 0 aromatic heterocycles. The normalized spacial score (nSPS) is 10.0. The van der Waals surface area contributed by atoms with Crippen LogP contribution in [0.3, 0.4) is 0 Å². The molecule has 2 aromatic carbocycles. The van der Waals surface area contributed by atoms with Crippen molar-refractivity contribution in [3.05, 3.63) is 59.6 Å². The number of hydrogen-bond acceptors (Lipinski definition) is 4. The van der Waals surface area contributed by atoms with Crippen LogP contribution < -0.4 is 14.8 Å². The van der Waals surface area contributed by atoms with Crippen LogP contribution in [0.25, 0.3) is 11.6 Å². The number of amides is 1. The fourth-order valence-corrected chi connectivity index (χ4v) is 2.24. The van der Waals surface area contributed by atoms with Gasteiger partial charge in [-0.15, -0.1) is 0 Å². The lowest BCUT2D eigenvalue weighted by molar-refractivity contribution is 0.102. The van der Waals surface area contributed by atoms with Crippen molar-refractivity contribution in [1.29, 1.82) is 0 Å². The highest BCUT2D eigenvalue weighted by Crippen LogP contribution is 2.38. The minimum atomic E-state index is -0.285. The average Bonchev–Trinajstić information content (AvgIpc) is 2.64. The summed E-state index contributed by atoms with van der Waals surface area (Å²) in [4.78, 5) is 12.5. The van der Waals surface area contributed by atoms with Crippen LogP contribution in [0.15, 0.2) is 48.1 Å². The topological polar surface area (TPSA) is 82.2 Å². The Labute approximate surface area is 147 Å². The highest BCUT2D eigenvalue weighted by atomic mass is 16.5. The van der Waals surface area contributed by atoms with Crippen LogP contribution in [-0.2, 0) is 0 Å². The zero-order chi connectivity index (χ0) is 18.2. The Morgan fingerprint density at radius 2 is 1.80 bits per heavy atom. The molecule has 0 aliphatic carbocycles. The van der Waals surface area contributed by atoms with E-state index >= 15 is 0 Å². The Kier molecular flexibility index (Phi) is 6.28. The first-order valence-electron chi connectivity index (χ1n) is 7.95. The van der Waals surface area contributed by atoms with E-state index in [9.17, 15) is 4.79 Å². The van der Waals surface area contributed by atoms with E-state index in [1.54, 1.807) is 24.3 Å². The van der Waals surface area contributed by atoms with Crippen molar-refractivity contribution in [2.75, 3.05) is 18.5 Å². The molecule has 0 bridgehead atoms. The lowest BCUT2D eigenvalue weighted by Crippen LogP contribution is -2.13. The summed E-state index contributed by atoms with van der Waals surface area (Å²) in [5, 5.41) is 6.01. The maximum Gasteiger partial charge on any atom is 0.255 e. The maximum absolute atomic E-state index is 12.5. The van der Waals surface area contributed by atoms with Gasteiger partial charge in [-0.3, -0.25) is 4.79 Å². The fraction of sp³-hybridized carbons (Fsp3) is 0.211. The van der Waals surface area contributed by atoms with Gasteiger partial charge in [0, 0.05) is 17.7 Å². The van der Waals surface area contributed by atoms with Gasteiger partial charge in [0.25, 0.3) is 5.91 Å². The fourth-order valence-electron chi connectivity index (χ4n) is 2.24. The number of nitrogens with zero attached hydrogens (tertiary/aromatic N) is 2. The van der Waals surface area contributed by atoms with Gasteiger partial charge in [-0.1, -0.05) is 24.8 Å². The molecule has 25 heavy (non-hydrogen) atoms. The van der Waals surface area contributed by atoms with Crippen molar-refractivity contribution in [3.63, 3.8) is 0 Å². The van der Waals surface area contributed by atoms with Crippen molar-refractivity contribution < 1.29 is 14.3 Å². The summed E-state index contributed by atoms with van der Waals surface area (Å²) in [6.45, 7) is 8.12. The predicted octanol–water partition coefficient (Wildman–Crippen LogP) is 5.03. The molecule has 6 nitrogen and oxygen atoms in total. The lowest BCUT2D eigenvalue weighted by Gasteiger charge is -2.16. The Bertz CT molecular complexity index is 770. The van der Waals surface area contributed by atoms with Crippen molar-refractivity contribution in [1.82, 2.24) is 0 Å². The molecule has 0 aliphatic rings. The smallest absolute Gasteiger partial charge is 0.255 e. The van der Waals surface area contributed by atoms with Crippen LogP contribution in [0.4, 0.5) is 11.4 Å². The van der Waals surface area contributed by atoms with E-state index in [-0.39, 0.29) is 11.6 Å². The minimum absolute atomic E-state index is 0.235. The van der Waals surface area contributed by atoms with Gasteiger partial charge in [0.15, 0.2) is 0 Å². The number of hydrogen-bond donors (Lipinski definition) is 1. The summed E-state index contributed by atoms with van der Waals surface area (Å²) in [5.74, 6) is 0.466. The van der Waals surface area contributed by atoms with Crippen molar-refractivity contribution in [2.45, 2.75) is 13.8 Å². The van der Waals surface area contributed by atoms with E-state index < -0.39 is 0 Å². The number of nitrogens with one attached hydrogen (secondary N) is 1. The van der Waals surface area contributed by atoms with Crippen LogP contribution >= 0.6 is 0 Å².